The number of nitrogens with one attached hydrogen (secondary N) is 2. The molecule has 2 aliphatic rings. The van der Waals surface area contributed by atoms with Crippen molar-refractivity contribution in [2.24, 2.45) is 4.99 Å². The third kappa shape index (κ3) is 6.61. The second-order valence-electron chi connectivity index (χ2n) is 7.45. The molecule has 0 aromatic heterocycles. The van der Waals surface area contributed by atoms with Gasteiger partial charge in [0.2, 0.25) is 0 Å². The molecule has 0 bridgehead atoms. The Morgan fingerprint density at radius 2 is 1.96 bits per heavy atom. The minimum Gasteiger partial charge on any atom is -0.493 e. The number of methoxy groups -OCH3 is 1. The Hall–Kier alpha value is -0.830. The maximum Gasteiger partial charge on any atom is 0.191 e. The van der Waals surface area contributed by atoms with E-state index in [9.17, 15) is 0 Å². The maximum atomic E-state index is 6.12. The molecular weight excluding hydrogens is 485 g/mol. The summed E-state index contributed by atoms with van der Waals surface area (Å²) < 4.78 is 11.7. The zero-order valence-electron chi connectivity index (χ0n) is 17.2. The topological polar surface area (TPSA) is 54.9 Å². The number of halogens is 1. The standard InChI is InChI=1S/C21H33N3O2S.HI/c1-22-21(24-16-9-10-18(13-16)27-3)23-14-15-8-11-19(20(12-15)25-2)26-17-6-4-5-7-17;/h8,11-12,16-18H,4-7,9-10,13-14H2,1-3H3,(H2,22,23,24);1H. The Kier molecular flexibility index (Phi) is 10.0. The van der Waals surface area contributed by atoms with E-state index >= 15 is 0 Å². The van der Waals surface area contributed by atoms with E-state index in [1.165, 1.54) is 32.1 Å². The Labute approximate surface area is 190 Å². The van der Waals surface area contributed by atoms with Crippen LogP contribution in [0.4, 0.5) is 0 Å². The Balaban J connectivity index is 0.00000280. The van der Waals surface area contributed by atoms with E-state index in [2.05, 4.69) is 34.0 Å². The van der Waals surface area contributed by atoms with Crippen molar-refractivity contribution in [3.63, 3.8) is 0 Å². The first kappa shape index (κ1) is 23.4. The molecule has 28 heavy (non-hydrogen) atoms. The first-order valence-electron chi connectivity index (χ1n) is 10.1. The molecule has 1 aromatic carbocycles. The van der Waals surface area contributed by atoms with Gasteiger partial charge in [-0.15, -0.1) is 24.0 Å². The van der Waals surface area contributed by atoms with E-state index < -0.39 is 0 Å². The Morgan fingerprint density at radius 3 is 2.61 bits per heavy atom. The lowest BCUT2D eigenvalue weighted by atomic mass is 10.2. The molecule has 5 nitrogen and oxygen atoms in total. The van der Waals surface area contributed by atoms with Crippen LogP contribution < -0.4 is 20.1 Å². The van der Waals surface area contributed by atoms with Gasteiger partial charge in [-0.3, -0.25) is 4.99 Å². The van der Waals surface area contributed by atoms with Gasteiger partial charge in [0, 0.05) is 24.9 Å². The fraction of sp³-hybridized carbons (Fsp3) is 0.667. The SMILES string of the molecule is CN=C(NCc1ccc(OC2CCCC2)c(OC)c1)NC1CCC(SC)C1.I. The van der Waals surface area contributed by atoms with E-state index in [4.69, 9.17) is 9.47 Å². The fourth-order valence-electron chi connectivity index (χ4n) is 3.96. The van der Waals surface area contributed by atoms with Gasteiger partial charge < -0.3 is 20.1 Å². The van der Waals surface area contributed by atoms with Crippen molar-refractivity contribution in [2.45, 2.75) is 68.9 Å². The monoisotopic (exact) mass is 519 g/mol. The van der Waals surface area contributed by atoms with Gasteiger partial charge in [-0.05, 0) is 68.9 Å². The number of ether oxygens (including phenoxy) is 2. The van der Waals surface area contributed by atoms with Gasteiger partial charge in [-0.25, -0.2) is 0 Å². The van der Waals surface area contributed by atoms with Crippen molar-refractivity contribution >= 4 is 41.7 Å². The van der Waals surface area contributed by atoms with Crippen LogP contribution in [0.3, 0.4) is 0 Å². The summed E-state index contributed by atoms with van der Waals surface area (Å²) in [5.74, 6) is 2.53. The normalized spacial score (nSPS) is 22.6. The number of hydrogen-bond acceptors (Lipinski definition) is 4. The van der Waals surface area contributed by atoms with Crippen molar-refractivity contribution < 1.29 is 9.47 Å². The Morgan fingerprint density at radius 1 is 1.18 bits per heavy atom. The number of guanidine groups is 1. The first-order chi connectivity index (χ1) is 13.2. The van der Waals surface area contributed by atoms with E-state index in [-0.39, 0.29) is 24.0 Å². The highest BCUT2D eigenvalue weighted by Crippen LogP contribution is 2.32. The molecule has 158 valence electrons. The van der Waals surface area contributed by atoms with Gasteiger partial charge in [0.05, 0.1) is 13.2 Å². The molecule has 0 heterocycles. The highest BCUT2D eigenvalue weighted by Gasteiger charge is 2.24. The van der Waals surface area contributed by atoms with E-state index in [1.54, 1.807) is 7.11 Å². The summed E-state index contributed by atoms with van der Waals surface area (Å²) >= 11 is 1.97. The van der Waals surface area contributed by atoms with Gasteiger partial charge >= 0.3 is 0 Å². The highest BCUT2D eigenvalue weighted by atomic mass is 127. The molecule has 2 unspecified atom stereocenters. The van der Waals surface area contributed by atoms with Crippen LogP contribution in [-0.4, -0.2) is 43.8 Å². The lowest BCUT2D eigenvalue weighted by Crippen LogP contribution is -2.42. The molecule has 1 aromatic rings. The second kappa shape index (κ2) is 12.0. The van der Waals surface area contributed by atoms with Crippen molar-refractivity contribution in [1.82, 2.24) is 10.6 Å². The molecular formula is C21H34IN3O2S. The lowest BCUT2D eigenvalue weighted by Gasteiger charge is -2.19. The number of benzene rings is 1. The molecule has 2 atom stereocenters. The molecule has 0 aliphatic heterocycles. The van der Waals surface area contributed by atoms with Gasteiger partial charge in [0.25, 0.3) is 0 Å². The van der Waals surface area contributed by atoms with Crippen LogP contribution in [-0.2, 0) is 6.54 Å². The number of rotatable bonds is 7. The minimum absolute atomic E-state index is 0. The average molecular weight is 519 g/mol. The van der Waals surface area contributed by atoms with Gasteiger partial charge in [0.1, 0.15) is 0 Å². The molecule has 3 rings (SSSR count). The fourth-order valence-corrected chi connectivity index (χ4v) is 4.76. The van der Waals surface area contributed by atoms with Crippen LogP contribution in [0.1, 0.15) is 50.5 Å². The second-order valence-corrected chi connectivity index (χ2v) is 8.59. The van der Waals surface area contributed by atoms with Crippen LogP contribution in [0.25, 0.3) is 0 Å². The molecule has 2 N–H and O–H groups in total. The first-order valence-corrected chi connectivity index (χ1v) is 11.3. The number of hydrogen-bond donors (Lipinski definition) is 2. The summed E-state index contributed by atoms with van der Waals surface area (Å²) in [6, 6.07) is 6.71. The predicted molar refractivity (Wildman–Crippen MR) is 130 cm³/mol. The number of aliphatic imine (C=N–C) groups is 1. The summed E-state index contributed by atoms with van der Waals surface area (Å²) in [6.07, 6.45) is 11.1. The average Bonchev–Trinajstić information content (AvgIpc) is 3.37. The zero-order valence-corrected chi connectivity index (χ0v) is 20.3. The van der Waals surface area contributed by atoms with Crippen LogP contribution in [0.2, 0.25) is 0 Å². The van der Waals surface area contributed by atoms with E-state index in [0.29, 0.717) is 18.7 Å². The quantitative estimate of drug-likeness (QED) is 0.314. The van der Waals surface area contributed by atoms with Gasteiger partial charge in [-0.1, -0.05) is 6.07 Å². The summed E-state index contributed by atoms with van der Waals surface area (Å²) in [7, 11) is 3.53. The molecule has 7 heteroatoms. The van der Waals surface area contributed by atoms with Crippen LogP contribution in [0, 0.1) is 0 Å². The highest BCUT2D eigenvalue weighted by molar-refractivity contribution is 14.0. The summed E-state index contributed by atoms with van der Waals surface area (Å²) in [5, 5.41) is 7.76. The summed E-state index contributed by atoms with van der Waals surface area (Å²) in [4.78, 5) is 4.38. The van der Waals surface area contributed by atoms with Crippen molar-refractivity contribution in [2.75, 3.05) is 20.4 Å². The van der Waals surface area contributed by atoms with Crippen molar-refractivity contribution in [1.29, 1.82) is 0 Å². The smallest absolute Gasteiger partial charge is 0.191 e. The van der Waals surface area contributed by atoms with Crippen LogP contribution in [0.15, 0.2) is 23.2 Å². The predicted octanol–water partition coefficient (Wildman–Crippen LogP) is 4.58. The Bertz CT molecular complexity index is 638. The molecule has 0 radical (unpaired) electrons. The van der Waals surface area contributed by atoms with Gasteiger partial charge in [-0.2, -0.15) is 11.8 Å². The van der Waals surface area contributed by atoms with E-state index in [1.807, 2.05) is 24.9 Å². The van der Waals surface area contributed by atoms with E-state index in [0.717, 1.165) is 41.1 Å². The van der Waals surface area contributed by atoms with Crippen molar-refractivity contribution in [3.8, 4) is 11.5 Å². The number of thioether (sulfide) groups is 1. The molecule has 0 amide bonds. The summed E-state index contributed by atoms with van der Waals surface area (Å²) in [6.45, 7) is 0.707. The van der Waals surface area contributed by atoms with Gasteiger partial charge in [0.15, 0.2) is 17.5 Å². The summed E-state index contributed by atoms with van der Waals surface area (Å²) in [5.41, 5.74) is 1.15. The molecule has 2 aliphatic carbocycles. The molecule has 2 saturated carbocycles. The molecule has 0 saturated heterocycles. The third-order valence-corrected chi connectivity index (χ3v) is 6.66. The molecule has 2 fully saturated rings. The minimum atomic E-state index is 0. The lowest BCUT2D eigenvalue weighted by molar-refractivity contribution is 0.200. The third-order valence-electron chi connectivity index (χ3n) is 5.57. The van der Waals surface area contributed by atoms with Crippen molar-refractivity contribution in [3.05, 3.63) is 23.8 Å². The maximum absolute atomic E-state index is 6.12. The molecule has 0 spiro atoms. The van der Waals surface area contributed by atoms with Crippen LogP contribution in [0.5, 0.6) is 11.5 Å². The van der Waals surface area contributed by atoms with Crippen LogP contribution >= 0.6 is 35.7 Å². The largest absolute Gasteiger partial charge is 0.493 e. The zero-order chi connectivity index (χ0) is 19.1. The number of nitrogens with zero attached hydrogens (tertiary/aromatic N) is 1.